The number of sulfonamides is 1. The highest BCUT2D eigenvalue weighted by molar-refractivity contribution is 9.11. The van der Waals surface area contributed by atoms with Gasteiger partial charge in [-0.25, -0.2) is 8.42 Å². The lowest BCUT2D eigenvalue weighted by atomic mass is 10.2. The number of aryl methyl sites for hydroxylation is 1. The molecule has 0 fully saturated rings. The molecule has 0 amide bonds. The van der Waals surface area contributed by atoms with Gasteiger partial charge in [0.25, 0.3) is 10.0 Å². The Labute approximate surface area is 134 Å². The van der Waals surface area contributed by atoms with Gasteiger partial charge in [-0.2, -0.15) is 0 Å². The van der Waals surface area contributed by atoms with Crippen LogP contribution in [0.15, 0.2) is 50.2 Å². The van der Waals surface area contributed by atoms with Crippen molar-refractivity contribution in [3.05, 3.63) is 50.9 Å². The number of hydrogen-bond donors (Lipinski definition) is 2. The molecule has 0 bridgehead atoms. The molecule has 20 heavy (non-hydrogen) atoms. The van der Waals surface area contributed by atoms with Crippen molar-refractivity contribution in [3.8, 4) is 0 Å². The van der Waals surface area contributed by atoms with Gasteiger partial charge in [0.15, 0.2) is 0 Å². The molecule has 7 heteroatoms. The lowest BCUT2D eigenvalue weighted by molar-refractivity contribution is 0.600. The van der Waals surface area contributed by atoms with Gasteiger partial charge in [0, 0.05) is 14.6 Å². The van der Waals surface area contributed by atoms with Crippen molar-refractivity contribution in [2.45, 2.75) is 11.8 Å². The van der Waals surface area contributed by atoms with Gasteiger partial charge < -0.3 is 5.73 Å². The number of halogens is 2. The van der Waals surface area contributed by atoms with Crippen LogP contribution in [0.3, 0.4) is 0 Å². The first kappa shape index (κ1) is 15.3. The molecule has 0 aliphatic rings. The van der Waals surface area contributed by atoms with Crippen molar-refractivity contribution >= 4 is 53.3 Å². The van der Waals surface area contributed by atoms with Gasteiger partial charge in [-0.3, -0.25) is 4.72 Å². The molecular formula is C13H12Br2N2O2S. The fraction of sp³-hybridized carbons (Fsp3) is 0.0769. The Morgan fingerprint density at radius 1 is 1.10 bits per heavy atom. The first-order valence-corrected chi connectivity index (χ1v) is 8.71. The number of nitrogens with two attached hydrogens (primary N) is 1. The van der Waals surface area contributed by atoms with Crippen LogP contribution in [-0.2, 0) is 10.0 Å². The average Bonchev–Trinajstić information content (AvgIpc) is 2.36. The van der Waals surface area contributed by atoms with Gasteiger partial charge in [0.1, 0.15) is 4.90 Å². The summed E-state index contributed by atoms with van der Waals surface area (Å²) in [4.78, 5) is 0.172. The molecule has 2 aromatic carbocycles. The van der Waals surface area contributed by atoms with Crippen molar-refractivity contribution in [1.29, 1.82) is 0 Å². The quantitative estimate of drug-likeness (QED) is 0.741. The molecular weight excluding hydrogens is 408 g/mol. The summed E-state index contributed by atoms with van der Waals surface area (Å²) in [5, 5.41) is 0. The minimum atomic E-state index is -3.68. The van der Waals surface area contributed by atoms with Gasteiger partial charge in [-0.1, -0.05) is 12.1 Å². The maximum atomic E-state index is 12.4. The Balaban J connectivity index is 2.44. The van der Waals surface area contributed by atoms with Crippen LogP contribution in [-0.4, -0.2) is 8.42 Å². The molecule has 0 heterocycles. The highest BCUT2D eigenvalue weighted by Crippen LogP contribution is 2.31. The average molecular weight is 420 g/mol. The van der Waals surface area contributed by atoms with Gasteiger partial charge >= 0.3 is 0 Å². The van der Waals surface area contributed by atoms with E-state index in [2.05, 4.69) is 36.6 Å². The fourth-order valence-electron chi connectivity index (χ4n) is 1.63. The summed E-state index contributed by atoms with van der Waals surface area (Å²) in [5.74, 6) is 0. The Morgan fingerprint density at radius 2 is 1.75 bits per heavy atom. The molecule has 0 unspecified atom stereocenters. The van der Waals surface area contributed by atoms with Crippen molar-refractivity contribution in [1.82, 2.24) is 0 Å². The topological polar surface area (TPSA) is 72.2 Å². The molecule has 0 spiro atoms. The first-order chi connectivity index (χ1) is 9.31. The molecule has 2 rings (SSSR count). The summed E-state index contributed by atoms with van der Waals surface area (Å²) >= 11 is 6.57. The Bertz CT molecular complexity index is 761. The maximum absolute atomic E-state index is 12.4. The van der Waals surface area contributed by atoms with Crippen LogP contribution in [0.25, 0.3) is 0 Å². The summed E-state index contributed by atoms with van der Waals surface area (Å²) in [6.07, 6.45) is 0. The van der Waals surface area contributed by atoms with E-state index in [1.54, 1.807) is 30.3 Å². The second-order valence-corrected chi connectivity index (χ2v) is 7.58. The van der Waals surface area contributed by atoms with Gasteiger partial charge in [0.05, 0.1) is 5.69 Å². The molecule has 3 N–H and O–H groups in total. The van der Waals surface area contributed by atoms with Crippen LogP contribution < -0.4 is 10.5 Å². The van der Waals surface area contributed by atoms with Crippen LogP contribution in [0.5, 0.6) is 0 Å². The summed E-state index contributed by atoms with van der Waals surface area (Å²) in [5.41, 5.74) is 7.62. The second-order valence-electron chi connectivity index (χ2n) is 4.22. The summed E-state index contributed by atoms with van der Waals surface area (Å²) in [6, 6.07) is 9.98. The number of nitrogens with one attached hydrogen (secondary N) is 1. The van der Waals surface area contributed by atoms with Crippen LogP contribution in [0, 0.1) is 6.92 Å². The van der Waals surface area contributed by atoms with Crippen molar-refractivity contribution in [2.24, 2.45) is 0 Å². The molecule has 0 saturated heterocycles. The largest absolute Gasteiger partial charge is 0.398 e. The molecule has 0 aliphatic carbocycles. The van der Waals surface area contributed by atoms with E-state index in [-0.39, 0.29) is 4.90 Å². The molecule has 2 aromatic rings. The summed E-state index contributed by atoms with van der Waals surface area (Å²) in [7, 11) is -3.68. The Kier molecular flexibility index (Phi) is 4.41. The third-order valence-corrected chi connectivity index (χ3v) is 5.76. The van der Waals surface area contributed by atoms with Crippen LogP contribution >= 0.6 is 31.9 Å². The zero-order chi connectivity index (χ0) is 14.9. The van der Waals surface area contributed by atoms with E-state index in [4.69, 9.17) is 5.73 Å². The minimum Gasteiger partial charge on any atom is -0.398 e. The smallest absolute Gasteiger partial charge is 0.263 e. The maximum Gasteiger partial charge on any atom is 0.263 e. The lowest BCUT2D eigenvalue weighted by Crippen LogP contribution is -2.14. The molecule has 0 saturated carbocycles. The summed E-state index contributed by atoms with van der Waals surface area (Å²) in [6.45, 7) is 1.85. The number of benzene rings is 2. The number of rotatable bonds is 3. The third-order valence-electron chi connectivity index (χ3n) is 2.73. The standard InChI is InChI=1S/C13H12Br2N2O2S/c1-8-6-10(15)12(7-11(8)16)17-20(18,19)13-5-3-2-4-9(13)14/h2-7,17H,16H2,1H3. The molecule has 0 aliphatic heterocycles. The molecule has 0 atom stereocenters. The Hall–Kier alpha value is -1.05. The van der Waals surface area contributed by atoms with Gasteiger partial charge in [0.2, 0.25) is 0 Å². The monoisotopic (exact) mass is 418 g/mol. The van der Waals surface area contributed by atoms with E-state index >= 15 is 0 Å². The van der Waals surface area contributed by atoms with Crippen LogP contribution in [0.4, 0.5) is 11.4 Å². The van der Waals surface area contributed by atoms with E-state index < -0.39 is 10.0 Å². The second kappa shape index (κ2) is 5.75. The van der Waals surface area contributed by atoms with Crippen LogP contribution in [0.2, 0.25) is 0 Å². The number of nitrogen functional groups attached to an aromatic ring is 1. The number of hydrogen-bond acceptors (Lipinski definition) is 3. The van der Waals surface area contributed by atoms with E-state index in [0.29, 0.717) is 20.3 Å². The van der Waals surface area contributed by atoms with E-state index in [1.165, 1.54) is 6.07 Å². The highest BCUT2D eigenvalue weighted by atomic mass is 79.9. The minimum absolute atomic E-state index is 0.172. The van der Waals surface area contributed by atoms with Gasteiger partial charge in [-0.15, -0.1) is 0 Å². The number of anilines is 2. The zero-order valence-electron chi connectivity index (χ0n) is 10.5. The normalized spacial score (nSPS) is 11.3. The fourth-order valence-corrected chi connectivity index (χ4v) is 4.39. The zero-order valence-corrected chi connectivity index (χ0v) is 14.5. The molecule has 106 valence electrons. The first-order valence-electron chi connectivity index (χ1n) is 5.64. The van der Waals surface area contributed by atoms with Crippen LogP contribution in [0.1, 0.15) is 5.56 Å². The third kappa shape index (κ3) is 3.16. The molecule has 0 aromatic heterocycles. The summed E-state index contributed by atoms with van der Waals surface area (Å²) < 4.78 is 28.4. The lowest BCUT2D eigenvalue weighted by Gasteiger charge is -2.12. The Morgan fingerprint density at radius 3 is 2.40 bits per heavy atom. The van der Waals surface area contributed by atoms with E-state index in [1.807, 2.05) is 6.92 Å². The van der Waals surface area contributed by atoms with Crippen molar-refractivity contribution in [3.63, 3.8) is 0 Å². The van der Waals surface area contributed by atoms with E-state index in [0.717, 1.165) is 5.56 Å². The predicted octanol–water partition coefficient (Wildman–Crippen LogP) is 3.90. The highest BCUT2D eigenvalue weighted by Gasteiger charge is 2.18. The SMILES string of the molecule is Cc1cc(Br)c(NS(=O)(=O)c2ccccc2Br)cc1N. The van der Waals surface area contributed by atoms with Crippen molar-refractivity contribution < 1.29 is 8.42 Å². The predicted molar refractivity (Wildman–Crippen MR) is 88.2 cm³/mol. The van der Waals surface area contributed by atoms with E-state index in [9.17, 15) is 8.42 Å². The molecule has 4 nitrogen and oxygen atoms in total. The molecule has 0 radical (unpaired) electrons. The van der Waals surface area contributed by atoms with Gasteiger partial charge in [-0.05, 0) is 68.6 Å². The van der Waals surface area contributed by atoms with Crippen molar-refractivity contribution in [2.75, 3.05) is 10.5 Å².